The van der Waals surface area contributed by atoms with Gasteiger partial charge < -0.3 is 4.57 Å². The van der Waals surface area contributed by atoms with Gasteiger partial charge in [0.2, 0.25) is 0 Å². The quantitative estimate of drug-likeness (QED) is 0.178. The van der Waals surface area contributed by atoms with Gasteiger partial charge in [-0.2, -0.15) is 0 Å². The van der Waals surface area contributed by atoms with Gasteiger partial charge in [-0.1, -0.05) is 154 Å². The van der Waals surface area contributed by atoms with Crippen LogP contribution in [0, 0.1) is 0 Å². The Morgan fingerprint density at radius 2 is 1.21 bits per heavy atom. The Morgan fingerprint density at radius 1 is 0.536 bits per heavy atom. The van der Waals surface area contributed by atoms with Crippen LogP contribution in [0.2, 0.25) is 0 Å². The van der Waals surface area contributed by atoms with Crippen molar-refractivity contribution in [3.05, 3.63) is 192 Å². The zero-order valence-electron chi connectivity index (χ0n) is 31.7. The van der Waals surface area contributed by atoms with E-state index in [0.717, 1.165) is 29.1 Å². The summed E-state index contributed by atoms with van der Waals surface area (Å²) in [6, 6.07) is 59.3. The number of nitrogens with zero attached hydrogens (tertiary/aromatic N) is 4. The van der Waals surface area contributed by atoms with Crippen molar-refractivity contribution >= 4 is 21.8 Å². The smallest absolute Gasteiger partial charge is 0.163 e. The van der Waals surface area contributed by atoms with Crippen molar-refractivity contribution in [2.24, 2.45) is 0 Å². The molecule has 0 radical (unpaired) electrons. The van der Waals surface area contributed by atoms with E-state index in [1.54, 1.807) is 0 Å². The Labute approximate surface area is 327 Å². The summed E-state index contributed by atoms with van der Waals surface area (Å²) >= 11 is 0. The minimum absolute atomic E-state index is 0.0449. The molecule has 268 valence electrons. The lowest BCUT2D eigenvalue weighted by molar-refractivity contribution is 0.541. The molecule has 0 fully saturated rings. The van der Waals surface area contributed by atoms with Crippen molar-refractivity contribution in [3.8, 4) is 50.7 Å². The van der Waals surface area contributed by atoms with E-state index >= 15 is 0 Å². The maximum absolute atomic E-state index is 5.34. The number of para-hydroxylation sites is 1. The third kappa shape index (κ3) is 4.95. The largest absolute Gasteiger partial charge is 0.309 e. The number of aromatic nitrogens is 4. The second-order valence-corrected chi connectivity index (χ2v) is 16.0. The molecule has 11 rings (SSSR count). The van der Waals surface area contributed by atoms with Crippen molar-refractivity contribution in [1.29, 1.82) is 0 Å². The van der Waals surface area contributed by atoms with E-state index in [4.69, 9.17) is 15.0 Å². The lowest BCUT2D eigenvalue weighted by Crippen LogP contribution is -2.19. The molecule has 2 heterocycles. The highest BCUT2D eigenvalue weighted by molar-refractivity contribution is 6.11. The molecule has 0 bridgehead atoms. The van der Waals surface area contributed by atoms with Gasteiger partial charge in [0.25, 0.3) is 0 Å². The molecule has 4 heteroatoms. The Balaban J connectivity index is 1.07. The van der Waals surface area contributed by atoms with Crippen molar-refractivity contribution < 1.29 is 0 Å². The number of benzene rings is 7. The highest BCUT2D eigenvalue weighted by atomic mass is 15.0. The maximum Gasteiger partial charge on any atom is 0.163 e. The van der Waals surface area contributed by atoms with E-state index in [0.29, 0.717) is 11.6 Å². The van der Waals surface area contributed by atoms with Crippen LogP contribution in [0.25, 0.3) is 72.5 Å². The Hall–Kier alpha value is -6.65. The average Bonchev–Trinajstić information content (AvgIpc) is 3.70. The van der Waals surface area contributed by atoms with Gasteiger partial charge in [0, 0.05) is 38.9 Å². The van der Waals surface area contributed by atoms with Crippen molar-refractivity contribution in [2.45, 2.75) is 44.4 Å². The predicted octanol–water partition coefficient (Wildman–Crippen LogP) is 12.7. The monoisotopic (exact) mass is 720 g/mol. The van der Waals surface area contributed by atoms with Crippen LogP contribution in [0.15, 0.2) is 164 Å². The third-order valence-corrected chi connectivity index (χ3v) is 12.5. The first-order chi connectivity index (χ1) is 27.4. The van der Waals surface area contributed by atoms with Crippen LogP contribution in [0.4, 0.5) is 0 Å². The van der Waals surface area contributed by atoms with E-state index in [-0.39, 0.29) is 17.3 Å². The van der Waals surface area contributed by atoms with E-state index in [9.17, 15) is 0 Å². The van der Waals surface area contributed by atoms with Gasteiger partial charge in [-0.05, 0) is 87.2 Å². The SMILES string of the molecule is CC(c1nc(-c2ccccc2)nc(-c2cccc(-n3c4ccccc4c4cc5c(cc43)-c3ccccc3C5(C)C)c2)n1)C1Cc2ccccc2-c2ccccc21. The second kappa shape index (κ2) is 12.4. The summed E-state index contributed by atoms with van der Waals surface area (Å²) in [6.07, 6.45) is 0.935. The first-order valence-electron chi connectivity index (χ1n) is 19.7. The van der Waals surface area contributed by atoms with Gasteiger partial charge in [-0.25, -0.2) is 15.0 Å². The summed E-state index contributed by atoms with van der Waals surface area (Å²) in [4.78, 5) is 15.7. The molecule has 4 nitrogen and oxygen atoms in total. The molecule has 2 aliphatic rings. The number of hydrogen-bond acceptors (Lipinski definition) is 3. The van der Waals surface area contributed by atoms with Gasteiger partial charge >= 0.3 is 0 Å². The molecule has 0 aliphatic heterocycles. The molecule has 2 unspecified atom stereocenters. The molecule has 0 saturated heterocycles. The molecule has 0 saturated carbocycles. The van der Waals surface area contributed by atoms with Crippen LogP contribution < -0.4 is 0 Å². The van der Waals surface area contributed by atoms with Gasteiger partial charge in [-0.15, -0.1) is 0 Å². The summed E-state index contributed by atoms with van der Waals surface area (Å²) < 4.78 is 2.42. The fraction of sp³-hybridized carbons (Fsp3) is 0.135. The molecule has 56 heavy (non-hydrogen) atoms. The molecule has 2 aromatic heterocycles. The predicted molar refractivity (Wildman–Crippen MR) is 229 cm³/mol. The van der Waals surface area contributed by atoms with Crippen LogP contribution in [-0.2, 0) is 11.8 Å². The molecule has 7 aromatic carbocycles. The first kappa shape index (κ1) is 32.8. The Kier molecular flexibility index (Phi) is 7.28. The van der Waals surface area contributed by atoms with Crippen LogP contribution in [0.3, 0.4) is 0 Å². The summed E-state index contributed by atoms with van der Waals surface area (Å²) in [5, 5.41) is 2.52. The van der Waals surface area contributed by atoms with E-state index in [1.807, 2.05) is 6.07 Å². The summed E-state index contributed by atoms with van der Waals surface area (Å²) in [6.45, 7) is 6.99. The molecule has 2 atom stereocenters. The lowest BCUT2D eigenvalue weighted by Gasteiger charge is -2.31. The van der Waals surface area contributed by atoms with Crippen molar-refractivity contribution in [1.82, 2.24) is 19.5 Å². The number of fused-ring (bicyclic) bond motifs is 9. The zero-order chi connectivity index (χ0) is 37.5. The zero-order valence-corrected chi connectivity index (χ0v) is 31.7. The van der Waals surface area contributed by atoms with Crippen LogP contribution in [-0.4, -0.2) is 19.5 Å². The first-order valence-corrected chi connectivity index (χ1v) is 19.7. The molecule has 0 N–H and O–H groups in total. The molecular weight excluding hydrogens is 681 g/mol. The standard InChI is InChI=1S/C52H40N4/c1-32(42-29-34-18-7-8-21-37(34)38-22-9-10-23-39(38)42)49-53-50(33-16-5-4-6-17-33)55-51(54-49)35-19-15-20-36(28-35)56-47-27-14-12-25-41(47)44-30-46-43(31-48(44)56)40-24-11-13-26-45(40)52(46,2)3/h4-28,30-32,42H,29H2,1-3H3. The maximum atomic E-state index is 5.34. The normalized spacial score (nSPS) is 15.6. The minimum atomic E-state index is -0.0731. The van der Waals surface area contributed by atoms with Crippen LogP contribution >= 0.6 is 0 Å². The van der Waals surface area contributed by atoms with Crippen molar-refractivity contribution in [2.75, 3.05) is 0 Å². The summed E-state index contributed by atoms with van der Waals surface area (Å²) in [7, 11) is 0. The fourth-order valence-electron chi connectivity index (χ4n) is 9.67. The van der Waals surface area contributed by atoms with Crippen LogP contribution in [0.5, 0.6) is 0 Å². The number of rotatable bonds is 5. The van der Waals surface area contributed by atoms with E-state index in [2.05, 4.69) is 183 Å². The van der Waals surface area contributed by atoms with Crippen LogP contribution in [0.1, 0.15) is 60.7 Å². The second-order valence-electron chi connectivity index (χ2n) is 16.0. The van der Waals surface area contributed by atoms with E-state index in [1.165, 1.54) is 66.3 Å². The van der Waals surface area contributed by atoms with Gasteiger partial charge in [0.15, 0.2) is 11.6 Å². The Morgan fingerprint density at radius 3 is 2.07 bits per heavy atom. The summed E-state index contributed by atoms with van der Waals surface area (Å²) in [5.74, 6) is 2.46. The average molecular weight is 721 g/mol. The molecule has 0 amide bonds. The Bertz CT molecular complexity index is 3010. The van der Waals surface area contributed by atoms with Gasteiger partial charge in [0.05, 0.1) is 11.0 Å². The van der Waals surface area contributed by atoms with Gasteiger partial charge in [-0.3, -0.25) is 0 Å². The molecular formula is C52H40N4. The van der Waals surface area contributed by atoms with Crippen molar-refractivity contribution in [3.63, 3.8) is 0 Å². The minimum Gasteiger partial charge on any atom is -0.309 e. The summed E-state index contributed by atoms with van der Waals surface area (Å²) in [5.41, 5.74) is 16.1. The molecule has 2 aliphatic carbocycles. The topological polar surface area (TPSA) is 43.6 Å². The molecule has 0 spiro atoms. The fourth-order valence-corrected chi connectivity index (χ4v) is 9.67. The van der Waals surface area contributed by atoms with E-state index < -0.39 is 0 Å². The number of hydrogen-bond donors (Lipinski definition) is 0. The molecule has 9 aromatic rings. The highest BCUT2D eigenvalue weighted by Gasteiger charge is 2.36. The van der Waals surface area contributed by atoms with Gasteiger partial charge in [0.1, 0.15) is 5.82 Å². The third-order valence-electron chi connectivity index (χ3n) is 12.5. The lowest BCUT2D eigenvalue weighted by atomic mass is 9.73. The highest BCUT2D eigenvalue weighted by Crippen LogP contribution is 2.51.